The van der Waals surface area contributed by atoms with Gasteiger partial charge in [0.15, 0.2) is 0 Å². The summed E-state index contributed by atoms with van der Waals surface area (Å²) in [6.07, 6.45) is 0. The molecule has 1 rings (SSSR count). The SMILES string of the molecule is CC(C)(C)OC(=O)CN1CCN(CCO)CCN(CC(=O)OC(C)(C)C)CCN(CC(=O)OC(C)(C)C)CC1. The number of rotatable bonds is 8. The summed E-state index contributed by atoms with van der Waals surface area (Å²) < 4.78 is 16.7. The Balaban J connectivity index is 3.07. The van der Waals surface area contributed by atoms with E-state index in [1.807, 2.05) is 77.0 Å². The molecule has 228 valence electrons. The number of hydrogen-bond donors (Lipinski definition) is 1. The van der Waals surface area contributed by atoms with Crippen LogP contribution < -0.4 is 0 Å². The van der Waals surface area contributed by atoms with Gasteiger partial charge in [-0.3, -0.25) is 34.0 Å². The Morgan fingerprint density at radius 3 is 0.949 bits per heavy atom. The van der Waals surface area contributed by atoms with Gasteiger partial charge >= 0.3 is 17.9 Å². The van der Waals surface area contributed by atoms with Crippen LogP contribution in [-0.2, 0) is 28.6 Å². The number of esters is 3. The second-order valence-corrected chi connectivity index (χ2v) is 13.2. The van der Waals surface area contributed by atoms with Crippen LogP contribution in [0.5, 0.6) is 0 Å². The van der Waals surface area contributed by atoms with Gasteiger partial charge < -0.3 is 19.3 Å². The van der Waals surface area contributed by atoms with Crippen molar-refractivity contribution in [2.75, 3.05) is 85.1 Å². The van der Waals surface area contributed by atoms with Gasteiger partial charge in [0, 0.05) is 58.9 Å². The standard InChI is InChI=1S/C28H54N4O7/c1-26(2,3)37-23(34)20-30-12-10-29(18-19-33)11-13-31(21-24(35)38-27(4,5)6)15-17-32(16-14-30)22-25(36)39-28(7,8)9/h33H,10-22H2,1-9H3. The maximum atomic E-state index is 12.7. The minimum Gasteiger partial charge on any atom is -0.459 e. The van der Waals surface area contributed by atoms with Gasteiger partial charge in [-0.25, -0.2) is 0 Å². The fourth-order valence-corrected chi connectivity index (χ4v) is 4.09. The quantitative estimate of drug-likeness (QED) is 0.343. The summed E-state index contributed by atoms with van der Waals surface area (Å²) in [4.78, 5) is 46.1. The molecular formula is C28H54N4O7. The van der Waals surface area contributed by atoms with Gasteiger partial charge in [-0.1, -0.05) is 0 Å². The first-order chi connectivity index (χ1) is 17.8. The first-order valence-electron chi connectivity index (χ1n) is 14.0. The Morgan fingerprint density at radius 2 is 0.744 bits per heavy atom. The summed E-state index contributed by atoms with van der Waals surface area (Å²) in [5.41, 5.74) is -1.75. The van der Waals surface area contributed by atoms with Crippen molar-refractivity contribution >= 4 is 17.9 Å². The molecule has 1 saturated heterocycles. The summed E-state index contributed by atoms with van der Waals surface area (Å²) in [6, 6.07) is 0. The number of ether oxygens (including phenoxy) is 3. The second kappa shape index (κ2) is 15.9. The van der Waals surface area contributed by atoms with Gasteiger partial charge in [-0.2, -0.15) is 0 Å². The monoisotopic (exact) mass is 558 g/mol. The number of aliphatic hydroxyl groups is 1. The van der Waals surface area contributed by atoms with Crippen LogP contribution in [0.1, 0.15) is 62.3 Å². The smallest absolute Gasteiger partial charge is 0.320 e. The van der Waals surface area contributed by atoms with Crippen molar-refractivity contribution in [3.8, 4) is 0 Å². The van der Waals surface area contributed by atoms with Gasteiger partial charge in [0.25, 0.3) is 0 Å². The second-order valence-electron chi connectivity index (χ2n) is 13.2. The van der Waals surface area contributed by atoms with Crippen molar-refractivity contribution in [3.63, 3.8) is 0 Å². The van der Waals surface area contributed by atoms with Crippen LogP contribution in [0, 0.1) is 0 Å². The predicted octanol–water partition coefficient (Wildman–Crippen LogP) is 1.23. The van der Waals surface area contributed by atoms with Crippen molar-refractivity contribution in [1.29, 1.82) is 0 Å². The summed E-state index contributed by atoms with van der Waals surface area (Å²) >= 11 is 0. The molecule has 0 aromatic heterocycles. The van der Waals surface area contributed by atoms with Gasteiger partial charge in [-0.15, -0.1) is 0 Å². The van der Waals surface area contributed by atoms with E-state index < -0.39 is 16.8 Å². The molecule has 1 N–H and O–H groups in total. The number of nitrogens with zero attached hydrogens (tertiary/aromatic N) is 4. The average Bonchev–Trinajstić information content (AvgIpc) is 2.71. The molecule has 0 saturated carbocycles. The first-order valence-corrected chi connectivity index (χ1v) is 14.0. The zero-order valence-electron chi connectivity index (χ0n) is 25.9. The summed E-state index contributed by atoms with van der Waals surface area (Å²) in [5, 5.41) is 9.62. The van der Waals surface area contributed by atoms with Crippen molar-refractivity contribution in [1.82, 2.24) is 19.6 Å². The highest BCUT2D eigenvalue weighted by Crippen LogP contribution is 2.11. The van der Waals surface area contributed by atoms with E-state index in [0.717, 1.165) is 0 Å². The molecule has 1 aliphatic rings. The largest absolute Gasteiger partial charge is 0.459 e. The third-order valence-corrected chi connectivity index (χ3v) is 5.66. The molecule has 1 aliphatic heterocycles. The fourth-order valence-electron chi connectivity index (χ4n) is 4.09. The summed E-state index contributed by atoms with van der Waals surface area (Å²) in [6.45, 7) is 22.0. The van der Waals surface area contributed by atoms with Crippen LogP contribution in [0.15, 0.2) is 0 Å². The van der Waals surface area contributed by atoms with E-state index in [4.69, 9.17) is 14.2 Å². The van der Waals surface area contributed by atoms with Crippen molar-refractivity contribution in [2.45, 2.75) is 79.1 Å². The molecule has 1 heterocycles. The van der Waals surface area contributed by atoms with Crippen LogP contribution in [0.2, 0.25) is 0 Å². The van der Waals surface area contributed by atoms with E-state index >= 15 is 0 Å². The molecule has 0 amide bonds. The van der Waals surface area contributed by atoms with E-state index in [2.05, 4.69) is 4.90 Å². The zero-order chi connectivity index (χ0) is 29.9. The van der Waals surface area contributed by atoms with Gasteiger partial charge in [0.1, 0.15) is 16.8 Å². The lowest BCUT2D eigenvalue weighted by Crippen LogP contribution is -2.49. The zero-order valence-corrected chi connectivity index (χ0v) is 25.9. The number of hydrogen-bond acceptors (Lipinski definition) is 11. The maximum Gasteiger partial charge on any atom is 0.320 e. The minimum atomic E-state index is -0.592. The van der Waals surface area contributed by atoms with Crippen LogP contribution in [0.25, 0.3) is 0 Å². The Morgan fingerprint density at radius 1 is 0.513 bits per heavy atom. The van der Waals surface area contributed by atoms with Gasteiger partial charge in [-0.05, 0) is 62.3 Å². The van der Waals surface area contributed by atoms with E-state index in [1.54, 1.807) is 0 Å². The molecule has 0 aliphatic carbocycles. The molecule has 0 radical (unpaired) electrons. The highest BCUT2D eigenvalue weighted by molar-refractivity contribution is 5.73. The average molecular weight is 559 g/mol. The van der Waals surface area contributed by atoms with Gasteiger partial charge in [0.05, 0.1) is 26.2 Å². The number of carbonyl (C=O) groups is 3. The molecule has 11 nitrogen and oxygen atoms in total. The van der Waals surface area contributed by atoms with Crippen LogP contribution in [0.4, 0.5) is 0 Å². The van der Waals surface area contributed by atoms with Crippen LogP contribution in [0.3, 0.4) is 0 Å². The molecule has 0 spiro atoms. The number of β-amino-alcohol motifs (C(OH)–C–C–N with tert-alkyl or cyclic N) is 1. The number of aliphatic hydroxyl groups excluding tert-OH is 1. The molecule has 0 bridgehead atoms. The number of carbonyl (C=O) groups excluding carboxylic acids is 3. The third kappa shape index (κ3) is 18.2. The fraction of sp³-hybridized carbons (Fsp3) is 0.893. The lowest BCUT2D eigenvalue weighted by atomic mass is 10.2. The summed E-state index contributed by atoms with van der Waals surface area (Å²) in [7, 11) is 0. The Kier molecular flexibility index (Phi) is 14.3. The van der Waals surface area contributed by atoms with E-state index in [1.165, 1.54) is 0 Å². The third-order valence-electron chi connectivity index (χ3n) is 5.66. The van der Waals surface area contributed by atoms with Crippen molar-refractivity contribution in [2.24, 2.45) is 0 Å². The lowest BCUT2D eigenvalue weighted by Gasteiger charge is -2.34. The first kappa shape index (κ1) is 35.2. The van der Waals surface area contributed by atoms with E-state index in [-0.39, 0.29) is 44.1 Å². The molecular weight excluding hydrogens is 504 g/mol. The Hall–Kier alpha value is -1.79. The Labute approximate surface area is 235 Å². The molecule has 39 heavy (non-hydrogen) atoms. The van der Waals surface area contributed by atoms with Crippen LogP contribution in [-0.4, -0.2) is 145 Å². The Bertz CT molecular complexity index is 725. The maximum absolute atomic E-state index is 12.7. The molecule has 0 aromatic rings. The highest BCUT2D eigenvalue weighted by atomic mass is 16.6. The summed E-state index contributed by atoms with van der Waals surface area (Å²) in [5.74, 6) is -0.919. The molecule has 0 atom stereocenters. The van der Waals surface area contributed by atoms with E-state index in [0.29, 0.717) is 58.9 Å². The lowest BCUT2D eigenvalue weighted by molar-refractivity contribution is -0.158. The van der Waals surface area contributed by atoms with Crippen LogP contribution >= 0.6 is 0 Å². The van der Waals surface area contributed by atoms with Gasteiger partial charge in [0.2, 0.25) is 0 Å². The van der Waals surface area contributed by atoms with E-state index in [9.17, 15) is 19.5 Å². The van der Waals surface area contributed by atoms with Crippen molar-refractivity contribution < 1.29 is 33.7 Å². The predicted molar refractivity (Wildman–Crippen MR) is 150 cm³/mol. The minimum absolute atomic E-state index is 0.0157. The molecule has 0 aromatic carbocycles. The normalized spacial score (nSPS) is 18.6. The van der Waals surface area contributed by atoms with Crippen molar-refractivity contribution in [3.05, 3.63) is 0 Å². The molecule has 11 heteroatoms. The molecule has 0 unspecified atom stereocenters. The molecule has 1 fully saturated rings. The highest BCUT2D eigenvalue weighted by Gasteiger charge is 2.25. The topological polar surface area (TPSA) is 112 Å².